The zero-order valence-electron chi connectivity index (χ0n) is 9.61. The minimum Gasteiger partial charge on any atom is -0.477 e. The number of rotatable bonds is 3. The van der Waals surface area contributed by atoms with E-state index in [1.54, 1.807) is 23.7 Å². The van der Waals surface area contributed by atoms with Gasteiger partial charge in [-0.25, -0.2) is 4.79 Å². The number of halogens is 1. The Morgan fingerprint density at radius 2 is 2.06 bits per heavy atom. The Kier molecular flexibility index (Phi) is 3.54. The summed E-state index contributed by atoms with van der Waals surface area (Å²) in [5, 5.41) is 9.77. The summed E-state index contributed by atoms with van der Waals surface area (Å²) in [5.74, 6) is -1.01. The zero-order chi connectivity index (χ0) is 13.3. The SMILES string of the molecule is Cn1c(Cc2ccc(Cl)cc2)c(C(=O)O)[nH]c1=S. The molecule has 6 heteroatoms. The van der Waals surface area contributed by atoms with Gasteiger partial charge in [-0.05, 0) is 29.9 Å². The van der Waals surface area contributed by atoms with Crippen molar-refractivity contribution in [2.45, 2.75) is 6.42 Å². The first-order chi connectivity index (χ1) is 8.49. The first kappa shape index (κ1) is 12.9. The zero-order valence-corrected chi connectivity index (χ0v) is 11.2. The quantitative estimate of drug-likeness (QED) is 0.851. The van der Waals surface area contributed by atoms with Gasteiger partial charge in [-0.1, -0.05) is 23.7 Å². The van der Waals surface area contributed by atoms with E-state index in [0.29, 0.717) is 21.9 Å². The molecule has 0 atom stereocenters. The van der Waals surface area contributed by atoms with E-state index in [2.05, 4.69) is 4.98 Å². The molecule has 0 unspecified atom stereocenters. The maximum Gasteiger partial charge on any atom is 0.354 e. The van der Waals surface area contributed by atoms with Gasteiger partial charge in [-0.2, -0.15) is 0 Å². The van der Waals surface area contributed by atoms with Gasteiger partial charge in [0, 0.05) is 18.5 Å². The standard InChI is InChI=1S/C12H11ClN2O2S/c1-15-9(10(11(16)17)14-12(15)18)6-7-2-4-8(13)5-3-7/h2-5H,6H2,1H3,(H,14,18)(H,16,17). The molecule has 0 saturated heterocycles. The Balaban J connectivity index is 2.42. The lowest BCUT2D eigenvalue weighted by Crippen LogP contribution is -2.05. The Hall–Kier alpha value is -1.59. The number of nitrogens with one attached hydrogen (secondary N) is 1. The molecule has 2 aromatic rings. The van der Waals surface area contributed by atoms with E-state index in [0.717, 1.165) is 5.56 Å². The second-order valence-corrected chi connectivity index (χ2v) is 4.74. The minimum atomic E-state index is -1.01. The number of aromatic amines is 1. The van der Waals surface area contributed by atoms with Crippen molar-refractivity contribution < 1.29 is 9.90 Å². The van der Waals surface area contributed by atoms with E-state index in [9.17, 15) is 4.79 Å². The van der Waals surface area contributed by atoms with Crippen molar-refractivity contribution in [3.8, 4) is 0 Å². The molecule has 2 rings (SSSR count). The number of aromatic nitrogens is 2. The van der Waals surface area contributed by atoms with Crippen LogP contribution < -0.4 is 0 Å². The highest BCUT2D eigenvalue weighted by atomic mass is 35.5. The fraction of sp³-hybridized carbons (Fsp3) is 0.167. The molecule has 0 saturated carbocycles. The van der Waals surface area contributed by atoms with Crippen LogP contribution in [0.4, 0.5) is 0 Å². The van der Waals surface area contributed by atoms with Gasteiger partial charge in [0.15, 0.2) is 4.77 Å². The Labute approximate surface area is 114 Å². The van der Waals surface area contributed by atoms with Crippen LogP contribution in [0.2, 0.25) is 5.02 Å². The second kappa shape index (κ2) is 4.96. The van der Waals surface area contributed by atoms with Gasteiger partial charge in [0.1, 0.15) is 5.69 Å². The third-order valence-electron chi connectivity index (χ3n) is 2.73. The average Bonchev–Trinajstić information content (AvgIpc) is 2.60. The first-order valence-electron chi connectivity index (χ1n) is 5.24. The molecule has 4 nitrogen and oxygen atoms in total. The van der Waals surface area contributed by atoms with Crippen LogP contribution in [-0.2, 0) is 13.5 Å². The number of hydrogen-bond donors (Lipinski definition) is 2. The van der Waals surface area contributed by atoms with Gasteiger partial charge < -0.3 is 14.7 Å². The molecule has 0 aliphatic rings. The lowest BCUT2D eigenvalue weighted by molar-refractivity contribution is 0.0689. The second-order valence-electron chi connectivity index (χ2n) is 3.92. The van der Waals surface area contributed by atoms with Gasteiger partial charge in [-0.3, -0.25) is 0 Å². The van der Waals surface area contributed by atoms with Crippen LogP contribution in [0.3, 0.4) is 0 Å². The topological polar surface area (TPSA) is 58.0 Å². The van der Waals surface area contributed by atoms with Crippen molar-refractivity contribution in [1.29, 1.82) is 0 Å². The number of aromatic carboxylic acids is 1. The molecule has 2 N–H and O–H groups in total. The number of carboxylic acids is 1. The van der Waals surface area contributed by atoms with Crippen LogP contribution in [0.1, 0.15) is 21.7 Å². The van der Waals surface area contributed by atoms with E-state index in [-0.39, 0.29) is 5.69 Å². The van der Waals surface area contributed by atoms with Gasteiger partial charge >= 0.3 is 5.97 Å². The van der Waals surface area contributed by atoms with Crippen LogP contribution in [0, 0.1) is 4.77 Å². The number of benzene rings is 1. The summed E-state index contributed by atoms with van der Waals surface area (Å²) in [5.41, 5.74) is 1.76. The number of nitrogens with zero attached hydrogens (tertiary/aromatic N) is 1. The number of carboxylic acid groups (broad SMARTS) is 1. The van der Waals surface area contributed by atoms with Crippen molar-refractivity contribution in [3.05, 3.63) is 51.0 Å². The number of H-pyrrole nitrogens is 1. The summed E-state index contributed by atoms with van der Waals surface area (Å²) in [7, 11) is 1.75. The molecular formula is C12H11ClN2O2S. The average molecular weight is 283 g/mol. The summed E-state index contributed by atoms with van der Waals surface area (Å²) in [6.45, 7) is 0. The molecule has 0 radical (unpaired) electrons. The molecule has 0 aliphatic heterocycles. The lowest BCUT2D eigenvalue weighted by Gasteiger charge is -2.04. The summed E-state index contributed by atoms with van der Waals surface area (Å²) < 4.78 is 2.07. The highest BCUT2D eigenvalue weighted by Gasteiger charge is 2.16. The molecule has 94 valence electrons. The highest BCUT2D eigenvalue weighted by Crippen LogP contribution is 2.16. The van der Waals surface area contributed by atoms with Crippen LogP contribution in [0.5, 0.6) is 0 Å². The summed E-state index contributed by atoms with van der Waals surface area (Å²) >= 11 is 10.9. The predicted octanol–water partition coefficient (Wildman–Crippen LogP) is 3.03. The molecule has 1 heterocycles. The van der Waals surface area contributed by atoms with E-state index >= 15 is 0 Å². The summed E-state index contributed by atoms with van der Waals surface area (Å²) in [4.78, 5) is 13.8. The Morgan fingerprint density at radius 1 is 1.44 bits per heavy atom. The van der Waals surface area contributed by atoms with Crippen LogP contribution in [-0.4, -0.2) is 20.6 Å². The van der Waals surface area contributed by atoms with Crippen molar-refractivity contribution in [1.82, 2.24) is 9.55 Å². The van der Waals surface area contributed by atoms with Gasteiger partial charge in [-0.15, -0.1) is 0 Å². The highest BCUT2D eigenvalue weighted by molar-refractivity contribution is 7.71. The molecule has 0 spiro atoms. The first-order valence-corrected chi connectivity index (χ1v) is 6.03. The smallest absolute Gasteiger partial charge is 0.354 e. The molecule has 1 aromatic heterocycles. The monoisotopic (exact) mass is 282 g/mol. The normalized spacial score (nSPS) is 10.6. The fourth-order valence-electron chi connectivity index (χ4n) is 1.73. The number of hydrogen-bond acceptors (Lipinski definition) is 2. The molecule has 0 amide bonds. The van der Waals surface area contributed by atoms with E-state index in [1.165, 1.54) is 0 Å². The molecule has 1 aromatic carbocycles. The summed E-state index contributed by atoms with van der Waals surface area (Å²) in [6, 6.07) is 7.28. The van der Waals surface area contributed by atoms with Crippen molar-refractivity contribution in [2.75, 3.05) is 0 Å². The van der Waals surface area contributed by atoms with Crippen molar-refractivity contribution in [2.24, 2.45) is 7.05 Å². The third kappa shape index (κ3) is 2.47. The van der Waals surface area contributed by atoms with Crippen LogP contribution in [0.25, 0.3) is 0 Å². The van der Waals surface area contributed by atoms with E-state index < -0.39 is 5.97 Å². The Bertz CT molecular complexity index is 643. The Morgan fingerprint density at radius 3 is 2.61 bits per heavy atom. The van der Waals surface area contributed by atoms with Gasteiger partial charge in [0.05, 0.1) is 5.69 Å². The minimum absolute atomic E-state index is 0.137. The van der Waals surface area contributed by atoms with Crippen LogP contribution >= 0.6 is 23.8 Å². The number of carbonyl (C=O) groups is 1. The number of imidazole rings is 1. The molecule has 0 aliphatic carbocycles. The molecule has 18 heavy (non-hydrogen) atoms. The largest absolute Gasteiger partial charge is 0.477 e. The van der Waals surface area contributed by atoms with Gasteiger partial charge in [0.25, 0.3) is 0 Å². The fourth-order valence-corrected chi connectivity index (χ4v) is 2.07. The van der Waals surface area contributed by atoms with E-state index in [1.807, 2.05) is 12.1 Å². The third-order valence-corrected chi connectivity index (χ3v) is 3.36. The molecular weight excluding hydrogens is 272 g/mol. The van der Waals surface area contributed by atoms with Crippen molar-refractivity contribution >= 4 is 29.8 Å². The predicted molar refractivity (Wildman–Crippen MR) is 71.8 cm³/mol. The summed E-state index contributed by atoms with van der Waals surface area (Å²) in [6.07, 6.45) is 0.489. The lowest BCUT2D eigenvalue weighted by atomic mass is 10.1. The molecule has 0 fully saturated rings. The van der Waals surface area contributed by atoms with E-state index in [4.69, 9.17) is 28.9 Å². The maximum atomic E-state index is 11.1. The molecule has 0 bridgehead atoms. The van der Waals surface area contributed by atoms with Gasteiger partial charge in [0.2, 0.25) is 0 Å². The maximum absolute atomic E-state index is 11.1. The van der Waals surface area contributed by atoms with Crippen LogP contribution in [0.15, 0.2) is 24.3 Å². The van der Waals surface area contributed by atoms with Crippen molar-refractivity contribution in [3.63, 3.8) is 0 Å².